The Bertz CT molecular complexity index is 920. The quantitative estimate of drug-likeness (QED) is 0.553. The second-order valence-electron chi connectivity index (χ2n) is 8.97. The Kier molecular flexibility index (Phi) is 5.75. The first-order valence-electron chi connectivity index (χ1n) is 9.51. The van der Waals surface area contributed by atoms with Crippen molar-refractivity contribution < 1.29 is 9.53 Å². The number of carbonyl (C=O) groups excluding carboxylic acids is 1. The number of hydrogen-bond donors (Lipinski definition) is 1. The van der Waals surface area contributed by atoms with Crippen molar-refractivity contribution in [3.8, 4) is 5.75 Å². The van der Waals surface area contributed by atoms with Crippen molar-refractivity contribution in [2.75, 3.05) is 11.9 Å². The number of carbonyl (C=O) groups is 1. The zero-order chi connectivity index (χ0) is 20.4. The maximum absolute atomic E-state index is 12.2. The minimum absolute atomic E-state index is 0.0410. The number of anilines is 1. The molecule has 0 bridgehead atoms. The molecule has 148 valence electrons. The predicted octanol–water partition coefficient (Wildman–Crippen LogP) is 6.03. The number of rotatable bonds is 6. The van der Waals surface area contributed by atoms with E-state index in [1.54, 1.807) is 0 Å². The molecule has 3 aromatic rings. The molecule has 2 aromatic carbocycles. The Labute approximate surface area is 171 Å². The molecule has 28 heavy (non-hydrogen) atoms. The highest BCUT2D eigenvalue weighted by Gasteiger charge is 2.27. The summed E-state index contributed by atoms with van der Waals surface area (Å²) in [6.45, 7) is 11.3. The Morgan fingerprint density at radius 3 is 2.36 bits per heavy atom. The molecule has 1 amide bonds. The third-order valence-corrected chi connectivity index (χ3v) is 5.47. The molecule has 1 N–H and O–H groups in total. The highest BCUT2D eigenvalue weighted by Crippen LogP contribution is 2.36. The van der Waals surface area contributed by atoms with Crippen molar-refractivity contribution in [1.82, 2.24) is 4.98 Å². The molecular formula is C23H28N2O2S. The second-order valence-corrected chi connectivity index (χ2v) is 10.00. The number of thiazole rings is 1. The summed E-state index contributed by atoms with van der Waals surface area (Å²) in [5, 5.41) is 3.40. The number of benzene rings is 2. The third-order valence-electron chi connectivity index (χ3n) is 4.52. The van der Waals surface area contributed by atoms with Crippen molar-refractivity contribution in [3.05, 3.63) is 54.1 Å². The summed E-state index contributed by atoms with van der Waals surface area (Å²) in [5.74, 6) is 0.478. The fraction of sp³-hybridized carbons (Fsp3) is 0.391. The van der Waals surface area contributed by atoms with Crippen molar-refractivity contribution >= 4 is 32.6 Å². The van der Waals surface area contributed by atoms with Gasteiger partial charge in [0.1, 0.15) is 5.75 Å². The van der Waals surface area contributed by atoms with E-state index in [1.807, 2.05) is 36.4 Å². The molecule has 0 aliphatic carbocycles. The van der Waals surface area contributed by atoms with Gasteiger partial charge < -0.3 is 4.74 Å². The van der Waals surface area contributed by atoms with Crippen molar-refractivity contribution in [2.24, 2.45) is 5.41 Å². The molecule has 1 heterocycles. The van der Waals surface area contributed by atoms with Crippen LogP contribution < -0.4 is 10.1 Å². The van der Waals surface area contributed by atoms with Crippen LogP contribution in [-0.2, 0) is 10.2 Å². The van der Waals surface area contributed by atoms with Gasteiger partial charge in [0.25, 0.3) is 5.91 Å². The van der Waals surface area contributed by atoms with Crippen molar-refractivity contribution in [3.63, 3.8) is 0 Å². The lowest BCUT2D eigenvalue weighted by Gasteiger charge is -2.33. The van der Waals surface area contributed by atoms with E-state index in [0.717, 1.165) is 16.6 Å². The number of aromatic nitrogens is 1. The van der Waals surface area contributed by atoms with Gasteiger partial charge in [-0.2, -0.15) is 0 Å². The summed E-state index contributed by atoms with van der Waals surface area (Å²) >= 11 is 1.46. The van der Waals surface area contributed by atoms with Gasteiger partial charge in [0.15, 0.2) is 11.7 Å². The topological polar surface area (TPSA) is 51.2 Å². The van der Waals surface area contributed by atoms with Gasteiger partial charge in [-0.05, 0) is 47.1 Å². The molecular weight excluding hydrogens is 368 g/mol. The van der Waals surface area contributed by atoms with Gasteiger partial charge in [-0.25, -0.2) is 4.98 Å². The van der Waals surface area contributed by atoms with Crippen LogP contribution in [0.1, 0.15) is 46.6 Å². The highest BCUT2D eigenvalue weighted by atomic mass is 32.1. The molecule has 0 aliphatic heterocycles. The molecule has 5 heteroatoms. The van der Waals surface area contributed by atoms with Crippen molar-refractivity contribution in [2.45, 2.75) is 46.5 Å². The third kappa shape index (κ3) is 5.32. The lowest BCUT2D eigenvalue weighted by Crippen LogP contribution is -2.24. The Hall–Kier alpha value is -2.40. The first-order valence-corrected chi connectivity index (χ1v) is 10.3. The summed E-state index contributed by atoms with van der Waals surface area (Å²) in [6, 6.07) is 15.9. The van der Waals surface area contributed by atoms with Crippen LogP contribution in [0.25, 0.3) is 10.2 Å². The molecule has 3 rings (SSSR count). The Morgan fingerprint density at radius 1 is 1.04 bits per heavy atom. The lowest BCUT2D eigenvalue weighted by molar-refractivity contribution is -0.118. The highest BCUT2D eigenvalue weighted by molar-refractivity contribution is 7.22. The number of fused-ring (bicyclic) bond motifs is 1. The maximum Gasteiger partial charge on any atom is 0.264 e. The SMILES string of the molecule is CC(C)(C)CC(C)(C)c1ccc(OCC(=O)Nc2nc3ccccc3s2)cc1. The van der Waals surface area contributed by atoms with E-state index in [2.05, 4.69) is 57.1 Å². The van der Waals surface area contributed by atoms with Crippen LogP contribution in [0.5, 0.6) is 5.75 Å². The summed E-state index contributed by atoms with van der Waals surface area (Å²) in [7, 11) is 0. The first-order chi connectivity index (χ1) is 13.1. The van der Waals surface area contributed by atoms with E-state index in [9.17, 15) is 4.79 Å². The number of nitrogens with one attached hydrogen (secondary N) is 1. The van der Waals surface area contributed by atoms with Gasteiger partial charge in [0, 0.05) is 0 Å². The van der Waals surface area contributed by atoms with Gasteiger partial charge in [-0.1, -0.05) is 70.2 Å². The standard InChI is InChI=1S/C23H28N2O2S/c1-22(2,3)15-23(4,5)16-10-12-17(13-11-16)27-14-20(26)25-21-24-18-8-6-7-9-19(18)28-21/h6-13H,14-15H2,1-5H3,(H,24,25,26). The van der Waals surface area contributed by atoms with E-state index >= 15 is 0 Å². The molecule has 0 fully saturated rings. The monoisotopic (exact) mass is 396 g/mol. The Balaban J connectivity index is 1.56. The Morgan fingerprint density at radius 2 is 1.71 bits per heavy atom. The van der Waals surface area contributed by atoms with Crippen LogP contribution >= 0.6 is 11.3 Å². The molecule has 4 nitrogen and oxygen atoms in total. The largest absolute Gasteiger partial charge is 0.484 e. The zero-order valence-corrected chi connectivity index (χ0v) is 18.0. The fourth-order valence-corrected chi connectivity index (χ4v) is 4.54. The minimum Gasteiger partial charge on any atom is -0.484 e. The number of amides is 1. The van der Waals surface area contributed by atoms with Crippen LogP contribution in [0.3, 0.4) is 0 Å². The van der Waals surface area contributed by atoms with E-state index in [1.165, 1.54) is 16.9 Å². The lowest BCUT2D eigenvalue weighted by atomic mass is 9.72. The molecule has 0 atom stereocenters. The molecule has 0 radical (unpaired) electrons. The number of ether oxygens (including phenoxy) is 1. The van der Waals surface area contributed by atoms with Gasteiger partial charge in [0.2, 0.25) is 0 Å². The van der Waals surface area contributed by atoms with E-state index in [0.29, 0.717) is 10.9 Å². The molecule has 0 aliphatic rings. The normalized spacial score (nSPS) is 12.2. The van der Waals surface area contributed by atoms with Crippen molar-refractivity contribution in [1.29, 1.82) is 0 Å². The smallest absolute Gasteiger partial charge is 0.264 e. The predicted molar refractivity (Wildman–Crippen MR) is 117 cm³/mol. The van der Waals surface area contributed by atoms with Crippen LogP contribution in [0.4, 0.5) is 5.13 Å². The fourth-order valence-electron chi connectivity index (χ4n) is 3.66. The molecule has 0 saturated heterocycles. The number of hydrogen-bond acceptors (Lipinski definition) is 4. The average molecular weight is 397 g/mol. The summed E-state index contributed by atoms with van der Waals surface area (Å²) in [6.07, 6.45) is 1.09. The molecule has 1 aromatic heterocycles. The molecule has 0 spiro atoms. The summed E-state index contributed by atoms with van der Waals surface area (Å²) in [4.78, 5) is 16.6. The van der Waals surface area contributed by atoms with Crippen LogP contribution in [0.2, 0.25) is 0 Å². The van der Waals surface area contributed by atoms with Crippen LogP contribution in [0.15, 0.2) is 48.5 Å². The number of para-hydroxylation sites is 1. The van der Waals surface area contributed by atoms with Crippen LogP contribution in [-0.4, -0.2) is 17.5 Å². The number of nitrogens with zero attached hydrogens (tertiary/aromatic N) is 1. The van der Waals surface area contributed by atoms with E-state index in [4.69, 9.17) is 4.74 Å². The van der Waals surface area contributed by atoms with Gasteiger partial charge in [-0.15, -0.1) is 0 Å². The average Bonchev–Trinajstić information content (AvgIpc) is 3.00. The van der Waals surface area contributed by atoms with Gasteiger partial charge in [0.05, 0.1) is 10.2 Å². The maximum atomic E-state index is 12.2. The molecule has 0 saturated carbocycles. The first kappa shape index (κ1) is 20.3. The van der Waals surface area contributed by atoms with Gasteiger partial charge >= 0.3 is 0 Å². The summed E-state index contributed by atoms with van der Waals surface area (Å²) in [5.41, 5.74) is 2.50. The second kappa shape index (κ2) is 7.92. The minimum atomic E-state index is -0.212. The van der Waals surface area contributed by atoms with Gasteiger partial charge in [-0.3, -0.25) is 10.1 Å². The van der Waals surface area contributed by atoms with E-state index < -0.39 is 0 Å². The summed E-state index contributed by atoms with van der Waals surface area (Å²) < 4.78 is 6.70. The zero-order valence-electron chi connectivity index (χ0n) is 17.2. The van der Waals surface area contributed by atoms with Crippen LogP contribution in [0, 0.1) is 5.41 Å². The van der Waals surface area contributed by atoms with E-state index in [-0.39, 0.29) is 23.3 Å². The molecule has 0 unspecified atom stereocenters.